The third-order valence-electron chi connectivity index (χ3n) is 4.34. The Morgan fingerprint density at radius 3 is 2.50 bits per heavy atom. The number of methoxy groups -OCH3 is 2. The normalized spacial score (nSPS) is 11.9. The average Bonchev–Trinajstić information content (AvgIpc) is 3.08. The summed E-state index contributed by atoms with van der Waals surface area (Å²) in [6, 6.07) is 2.49. The van der Waals surface area contributed by atoms with E-state index in [0.29, 0.717) is 21.9 Å². The predicted molar refractivity (Wildman–Crippen MR) is 104 cm³/mol. The van der Waals surface area contributed by atoms with E-state index in [1.54, 1.807) is 13.3 Å². The fraction of sp³-hybridized carbons (Fsp3) is 0.368. The maximum atomic E-state index is 13.3. The zero-order valence-corrected chi connectivity index (χ0v) is 17.4. The van der Waals surface area contributed by atoms with Crippen molar-refractivity contribution < 1.29 is 31.8 Å². The van der Waals surface area contributed by atoms with Crippen molar-refractivity contribution >= 4 is 22.8 Å². The van der Waals surface area contributed by atoms with Crippen LogP contribution in [-0.2, 0) is 5.75 Å². The number of hydrogen-bond donors (Lipinski definition) is 1. The van der Waals surface area contributed by atoms with Gasteiger partial charge < -0.3 is 19.2 Å². The number of fused-ring (bicyclic) bond motifs is 1. The van der Waals surface area contributed by atoms with Crippen molar-refractivity contribution in [2.45, 2.75) is 37.3 Å². The number of pyridine rings is 1. The molecule has 0 aliphatic carbocycles. The van der Waals surface area contributed by atoms with Gasteiger partial charge in [-0.3, -0.25) is 4.98 Å². The molecule has 2 heterocycles. The van der Waals surface area contributed by atoms with Crippen LogP contribution in [0.3, 0.4) is 0 Å². The minimum atomic E-state index is -4.65. The number of ether oxygens (including phenoxy) is 3. The molecule has 0 radical (unpaired) electrons. The Labute approximate surface area is 173 Å². The number of aryl methyl sites for hydroxylation is 1. The molecule has 1 aromatic carbocycles. The summed E-state index contributed by atoms with van der Waals surface area (Å²) in [5, 5.41) is 0.491. The number of hydrogen-bond acceptors (Lipinski definition) is 6. The summed E-state index contributed by atoms with van der Waals surface area (Å²) in [7, 11) is 2.81. The molecule has 30 heavy (non-hydrogen) atoms. The van der Waals surface area contributed by atoms with Gasteiger partial charge in [0.1, 0.15) is 5.75 Å². The van der Waals surface area contributed by atoms with Gasteiger partial charge >= 0.3 is 12.5 Å². The van der Waals surface area contributed by atoms with Gasteiger partial charge in [-0.1, -0.05) is 11.8 Å². The number of aromatic amines is 1. The fourth-order valence-electron chi connectivity index (χ4n) is 2.85. The minimum Gasteiger partial charge on any atom is -0.496 e. The lowest BCUT2D eigenvalue weighted by atomic mass is 10.1. The fourth-order valence-corrected chi connectivity index (χ4v) is 3.76. The molecule has 1 N–H and O–H groups in total. The summed E-state index contributed by atoms with van der Waals surface area (Å²) in [6.07, 6.45) is -6.90. The quantitative estimate of drug-likeness (QED) is 0.383. The van der Waals surface area contributed by atoms with Crippen molar-refractivity contribution in [2.75, 3.05) is 14.2 Å². The molecule has 0 fully saturated rings. The van der Waals surface area contributed by atoms with Crippen LogP contribution in [0.5, 0.6) is 17.2 Å². The van der Waals surface area contributed by atoms with Crippen molar-refractivity contribution in [1.29, 1.82) is 0 Å². The van der Waals surface area contributed by atoms with Crippen LogP contribution in [0.15, 0.2) is 23.5 Å². The Balaban J connectivity index is 1.85. The van der Waals surface area contributed by atoms with Gasteiger partial charge in [0.15, 0.2) is 16.7 Å². The summed E-state index contributed by atoms with van der Waals surface area (Å²) in [4.78, 5) is 11.7. The molecule has 0 atom stereocenters. The van der Waals surface area contributed by atoms with E-state index < -0.39 is 18.3 Å². The Morgan fingerprint density at radius 1 is 1.13 bits per heavy atom. The highest BCUT2D eigenvalue weighted by Gasteiger charge is 2.44. The molecule has 162 valence electrons. The number of thioether (sulfide) groups is 1. The second-order valence-electron chi connectivity index (χ2n) is 6.36. The van der Waals surface area contributed by atoms with Gasteiger partial charge in [-0.05, 0) is 13.8 Å². The van der Waals surface area contributed by atoms with Gasteiger partial charge in [0.05, 0.1) is 30.9 Å². The third kappa shape index (κ3) is 4.40. The van der Waals surface area contributed by atoms with Gasteiger partial charge in [0.25, 0.3) is 0 Å². The van der Waals surface area contributed by atoms with E-state index in [1.807, 2.05) is 13.8 Å². The van der Waals surface area contributed by atoms with Crippen LogP contribution in [0.25, 0.3) is 11.0 Å². The summed E-state index contributed by atoms with van der Waals surface area (Å²) in [5.74, 6) is 0.589. The Morgan fingerprint density at radius 2 is 1.87 bits per heavy atom. The molecule has 0 amide bonds. The highest BCUT2D eigenvalue weighted by atomic mass is 32.2. The van der Waals surface area contributed by atoms with Crippen LogP contribution in [0.1, 0.15) is 16.8 Å². The average molecular weight is 445 g/mol. The van der Waals surface area contributed by atoms with Crippen LogP contribution < -0.4 is 14.2 Å². The first-order valence-corrected chi connectivity index (χ1v) is 9.69. The molecule has 11 heteroatoms. The Hall–Kier alpha value is -2.69. The summed E-state index contributed by atoms with van der Waals surface area (Å²) < 4.78 is 66.1. The number of rotatable bonds is 8. The van der Waals surface area contributed by atoms with Crippen LogP contribution in [-0.4, -0.2) is 41.7 Å². The first-order valence-electron chi connectivity index (χ1n) is 8.70. The van der Waals surface area contributed by atoms with Gasteiger partial charge in [-0.2, -0.15) is 17.6 Å². The molecule has 3 rings (SSSR count). The van der Waals surface area contributed by atoms with Crippen molar-refractivity contribution in [3.63, 3.8) is 0 Å². The number of imidazole rings is 1. The van der Waals surface area contributed by atoms with Crippen molar-refractivity contribution in [3.8, 4) is 17.2 Å². The highest BCUT2D eigenvalue weighted by Crippen LogP contribution is 2.37. The largest absolute Gasteiger partial charge is 0.496 e. The molecule has 0 aliphatic heterocycles. The molecular weight excluding hydrogens is 426 g/mol. The number of aromatic nitrogens is 3. The topological polar surface area (TPSA) is 69.3 Å². The number of H-pyrrole nitrogens is 1. The van der Waals surface area contributed by atoms with E-state index in [4.69, 9.17) is 9.47 Å². The number of halogens is 4. The predicted octanol–water partition coefficient (Wildman–Crippen LogP) is 5.12. The molecule has 0 saturated heterocycles. The zero-order valence-electron chi connectivity index (χ0n) is 16.6. The van der Waals surface area contributed by atoms with Crippen molar-refractivity contribution in [1.82, 2.24) is 15.0 Å². The lowest BCUT2D eigenvalue weighted by Crippen LogP contribution is -2.33. The van der Waals surface area contributed by atoms with Crippen LogP contribution in [0.4, 0.5) is 17.6 Å². The van der Waals surface area contributed by atoms with E-state index in [-0.39, 0.29) is 5.75 Å². The van der Waals surface area contributed by atoms with Crippen molar-refractivity contribution in [2.24, 2.45) is 0 Å². The lowest BCUT2D eigenvalue weighted by molar-refractivity contribution is -0.253. The number of benzene rings is 1. The minimum absolute atomic E-state index is 0.133. The van der Waals surface area contributed by atoms with Crippen LogP contribution in [0.2, 0.25) is 0 Å². The monoisotopic (exact) mass is 445 g/mol. The highest BCUT2D eigenvalue weighted by molar-refractivity contribution is 7.98. The second kappa shape index (κ2) is 8.58. The van der Waals surface area contributed by atoms with E-state index in [1.165, 1.54) is 24.9 Å². The van der Waals surface area contributed by atoms with Crippen LogP contribution in [0, 0.1) is 13.8 Å². The molecule has 0 aliphatic rings. The van der Waals surface area contributed by atoms with Gasteiger partial charge in [0, 0.05) is 35.2 Å². The number of nitrogens with zero attached hydrogens (tertiary/aromatic N) is 2. The summed E-state index contributed by atoms with van der Waals surface area (Å²) in [5.41, 5.74) is 3.39. The first kappa shape index (κ1) is 22.0. The maximum Gasteiger partial charge on any atom is 0.461 e. The first-order chi connectivity index (χ1) is 14.2. The van der Waals surface area contributed by atoms with E-state index in [9.17, 15) is 17.6 Å². The van der Waals surface area contributed by atoms with E-state index >= 15 is 0 Å². The van der Waals surface area contributed by atoms with E-state index in [0.717, 1.165) is 28.6 Å². The van der Waals surface area contributed by atoms with Crippen LogP contribution >= 0.6 is 11.8 Å². The molecule has 0 unspecified atom stereocenters. The van der Waals surface area contributed by atoms with Gasteiger partial charge in [-0.25, -0.2) is 4.98 Å². The van der Waals surface area contributed by atoms with Crippen molar-refractivity contribution in [3.05, 3.63) is 35.2 Å². The SMILES string of the molecule is COc1cc2nc(SCc3ncc(C)c(OC)c3C)[nH]c2cc1OC(F)(F)C(F)F. The standard InChI is InChI=1S/C19H19F4N3O3S/c1-9-7-24-13(10(2)16(9)28-4)8-30-18-25-11-5-14(27-3)15(6-12(11)26-18)29-19(22,23)17(20)21/h5-7,17H,8H2,1-4H3,(H,25,26). The Bertz CT molecular complexity index is 1060. The lowest BCUT2D eigenvalue weighted by Gasteiger charge is -2.18. The zero-order chi connectivity index (χ0) is 22.1. The number of alkyl halides is 4. The molecule has 6 nitrogen and oxygen atoms in total. The third-order valence-corrected chi connectivity index (χ3v) is 5.23. The summed E-state index contributed by atoms with van der Waals surface area (Å²) >= 11 is 1.34. The maximum absolute atomic E-state index is 13.3. The Kier molecular flexibility index (Phi) is 6.30. The van der Waals surface area contributed by atoms with Gasteiger partial charge in [0.2, 0.25) is 0 Å². The summed E-state index contributed by atoms with van der Waals surface area (Å²) in [6.45, 7) is 3.81. The molecule has 2 aromatic heterocycles. The smallest absolute Gasteiger partial charge is 0.461 e. The van der Waals surface area contributed by atoms with Gasteiger partial charge in [-0.15, -0.1) is 0 Å². The molecular formula is C19H19F4N3O3S. The molecule has 0 spiro atoms. The second-order valence-corrected chi connectivity index (χ2v) is 7.33. The number of nitrogens with one attached hydrogen (secondary N) is 1. The molecule has 0 saturated carbocycles. The molecule has 0 bridgehead atoms. The van der Waals surface area contributed by atoms with E-state index in [2.05, 4.69) is 19.7 Å². The molecule has 3 aromatic rings.